The van der Waals surface area contributed by atoms with E-state index in [1.165, 1.54) is 18.6 Å². The lowest BCUT2D eigenvalue weighted by Crippen LogP contribution is -2.25. The molecular weight excluding hydrogens is 341 g/mol. The summed E-state index contributed by atoms with van der Waals surface area (Å²) >= 11 is 17.6. The van der Waals surface area contributed by atoms with Crippen LogP contribution in [0.4, 0.5) is 0 Å². The third-order valence-electron chi connectivity index (χ3n) is 2.86. The van der Waals surface area contributed by atoms with E-state index >= 15 is 0 Å². The largest absolute Gasteiger partial charge is 0.242 e. The average Bonchev–Trinajstić information content (AvgIpc) is 2.39. The second kappa shape index (κ2) is 8.44. The number of sulfonamides is 1. The minimum Gasteiger partial charge on any atom is -0.211 e. The normalized spacial score (nSPS) is 11.8. The van der Waals surface area contributed by atoms with Gasteiger partial charge in [0, 0.05) is 6.54 Å². The van der Waals surface area contributed by atoms with Crippen LogP contribution < -0.4 is 4.72 Å². The van der Waals surface area contributed by atoms with Gasteiger partial charge in [0.25, 0.3) is 0 Å². The zero-order valence-electron chi connectivity index (χ0n) is 11.3. The zero-order chi connectivity index (χ0) is 15.2. The first-order chi connectivity index (χ1) is 9.40. The van der Waals surface area contributed by atoms with Crippen LogP contribution in [0.2, 0.25) is 15.1 Å². The van der Waals surface area contributed by atoms with Gasteiger partial charge in [-0.05, 0) is 18.6 Å². The predicted molar refractivity (Wildman–Crippen MR) is 85.4 cm³/mol. The van der Waals surface area contributed by atoms with E-state index in [9.17, 15) is 8.42 Å². The molecule has 0 unspecified atom stereocenters. The Hall–Kier alpha value is -0.000000000000000167. The topological polar surface area (TPSA) is 46.2 Å². The Bertz CT molecular complexity index is 547. The molecule has 0 fully saturated rings. The summed E-state index contributed by atoms with van der Waals surface area (Å²) in [7, 11) is -3.65. The van der Waals surface area contributed by atoms with E-state index in [-0.39, 0.29) is 20.0 Å². The fourth-order valence-electron chi connectivity index (χ4n) is 1.73. The molecule has 0 bridgehead atoms. The van der Waals surface area contributed by atoms with Crippen LogP contribution in [0.3, 0.4) is 0 Å². The third-order valence-corrected chi connectivity index (χ3v) is 5.77. The van der Waals surface area contributed by atoms with Crippen LogP contribution in [0.15, 0.2) is 17.0 Å². The van der Waals surface area contributed by atoms with Crippen molar-refractivity contribution < 1.29 is 8.42 Å². The van der Waals surface area contributed by atoms with Gasteiger partial charge in [-0.2, -0.15) is 0 Å². The first-order valence-electron chi connectivity index (χ1n) is 6.53. The number of benzene rings is 1. The summed E-state index contributed by atoms with van der Waals surface area (Å²) in [5.41, 5.74) is 0. The van der Waals surface area contributed by atoms with Crippen molar-refractivity contribution in [3.8, 4) is 0 Å². The summed E-state index contributed by atoms with van der Waals surface area (Å²) in [5.74, 6) is 0. The van der Waals surface area contributed by atoms with Gasteiger partial charge in [0.1, 0.15) is 4.90 Å². The molecule has 1 aromatic rings. The molecule has 0 saturated carbocycles. The lowest BCUT2D eigenvalue weighted by atomic mass is 10.2. The summed E-state index contributed by atoms with van der Waals surface area (Å²) in [5, 5.41) is 0.243. The number of rotatable bonds is 8. The predicted octanol–water partition coefficient (Wildman–Crippen LogP) is 4.90. The SMILES string of the molecule is CCCCCCCNS(=O)(=O)c1ccc(Cl)c(Cl)c1Cl. The molecule has 3 nitrogen and oxygen atoms in total. The summed E-state index contributed by atoms with van der Waals surface area (Å²) in [6.07, 6.45) is 5.26. The molecular formula is C13H18Cl3NO2S. The number of nitrogens with one attached hydrogen (secondary N) is 1. The molecule has 1 aromatic carbocycles. The summed E-state index contributed by atoms with van der Waals surface area (Å²) in [6, 6.07) is 2.78. The highest BCUT2D eigenvalue weighted by Gasteiger charge is 2.20. The highest BCUT2D eigenvalue weighted by atomic mass is 35.5. The van der Waals surface area contributed by atoms with E-state index in [0.717, 1.165) is 25.7 Å². The van der Waals surface area contributed by atoms with E-state index in [1.54, 1.807) is 0 Å². The molecule has 0 spiro atoms. The van der Waals surface area contributed by atoms with Gasteiger partial charge in [-0.1, -0.05) is 67.4 Å². The molecule has 114 valence electrons. The smallest absolute Gasteiger partial charge is 0.211 e. The quantitative estimate of drug-likeness (QED) is 0.531. The van der Waals surface area contributed by atoms with Crippen molar-refractivity contribution in [1.82, 2.24) is 4.72 Å². The Kier molecular flexibility index (Phi) is 7.62. The highest BCUT2D eigenvalue weighted by Crippen LogP contribution is 2.34. The van der Waals surface area contributed by atoms with Crippen LogP contribution in [0, 0.1) is 0 Å². The molecule has 1 rings (SSSR count). The second-order valence-electron chi connectivity index (χ2n) is 4.49. The minimum absolute atomic E-state index is 0.0397. The third kappa shape index (κ3) is 5.08. The van der Waals surface area contributed by atoms with Crippen molar-refractivity contribution in [2.75, 3.05) is 6.54 Å². The molecule has 0 aliphatic heterocycles. The van der Waals surface area contributed by atoms with Crippen molar-refractivity contribution in [1.29, 1.82) is 0 Å². The lowest BCUT2D eigenvalue weighted by molar-refractivity contribution is 0.571. The Morgan fingerprint density at radius 2 is 1.65 bits per heavy atom. The van der Waals surface area contributed by atoms with Crippen molar-refractivity contribution in [2.24, 2.45) is 0 Å². The van der Waals surface area contributed by atoms with Gasteiger partial charge in [-0.3, -0.25) is 0 Å². The van der Waals surface area contributed by atoms with Crippen LogP contribution in [-0.4, -0.2) is 15.0 Å². The Morgan fingerprint density at radius 3 is 2.30 bits per heavy atom. The van der Waals surface area contributed by atoms with Gasteiger partial charge in [0.15, 0.2) is 0 Å². The van der Waals surface area contributed by atoms with Gasteiger partial charge < -0.3 is 0 Å². The van der Waals surface area contributed by atoms with E-state index < -0.39 is 10.0 Å². The lowest BCUT2D eigenvalue weighted by Gasteiger charge is -2.10. The van der Waals surface area contributed by atoms with Gasteiger partial charge in [0.2, 0.25) is 10.0 Å². The molecule has 7 heteroatoms. The molecule has 0 aliphatic carbocycles. The van der Waals surface area contributed by atoms with E-state index in [0.29, 0.717) is 6.54 Å². The molecule has 0 saturated heterocycles. The van der Waals surface area contributed by atoms with Crippen LogP contribution in [0.25, 0.3) is 0 Å². The monoisotopic (exact) mass is 357 g/mol. The van der Waals surface area contributed by atoms with Gasteiger partial charge in [-0.15, -0.1) is 0 Å². The molecule has 1 N–H and O–H groups in total. The standard InChI is InChI=1S/C13H18Cl3NO2S/c1-2-3-4-5-6-9-17-20(18,19)11-8-7-10(14)12(15)13(11)16/h7-8,17H,2-6,9H2,1H3. The minimum atomic E-state index is -3.65. The van der Waals surface area contributed by atoms with Crippen LogP contribution in [0.1, 0.15) is 39.0 Å². The van der Waals surface area contributed by atoms with E-state index in [4.69, 9.17) is 34.8 Å². The maximum atomic E-state index is 12.1. The van der Waals surface area contributed by atoms with Crippen molar-refractivity contribution >= 4 is 44.8 Å². The maximum Gasteiger partial charge on any atom is 0.242 e. The average molecular weight is 359 g/mol. The number of hydrogen-bond donors (Lipinski definition) is 1. The summed E-state index contributed by atoms with van der Waals surface area (Å²) in [6.45, 7) is 2.53. The summed E-state index contributed by atoms with van der Waals surface area (Å²) in [4.78, 5) is -0.0397. The molecule has 0 aliphatic rings. The molecule has 0 radical (unpaired) electrons. The van der Waals surface area contributed by atoms with E-state index in [2.05, 4.69) is 11.6 Å². The Labute approximate surface area is 135 Å². The maximum absolute atomic E-state index is 12.1. The molecule has 0 aromatic heterocycles. The Morgan fingerprint density at radius 1 is 1.00 bits per heavy atom. The van der Waals surface area contributed by atoms with Gasteiger partial charge in [0.05, 0.1) is 15.1 Å². The fourth-order valence-corrected chi connectivity index (χ4v) is 3.78. The second-order valence-corrected chi connectivity index (χ2v) is 7.38. The van der Waals surface area contributed by atoms with Crippen LogP contribution in [-0.2, 0) is 10.0 Å². The van der Waals surface area contributed by atoms with Crippen LogP contribution >= 0.6 is 34.8 Å². The van der Waals surface area contributed by atoms with Crippen molar-refractivity contribution in [3.05, 3.63) is 27.2 Å². The number of halogens is 3. The molecule has 0 amide bonds. The highest BCUT2D eigenvalue weighted by molar-refractivity contribution is 7.89. The molecule has 20 heavy (non-hydrogen) atoms. The molecule has 0 heterocycles. The first kappa shape index (κ1) is 18.1. The fraction of sp³-hybridized carbons (Fsp3) is 0.538. The Balaban J connectivity index is 2.63. The van der Waals surface area contributed by atoms with Gasteiger partial charge in [-0.25, -0.2) is 13.1 Å². The van der Waals surface area contributed by atoms with Crippen molar-refractivity contribution in [3.63, 3.8) is 0 Å². The van der Waals surface area contributed by atoms with Gasteiger partial charge >= 0.3 is 0 Å². The first-order valence-corrected chi connectivity index (χ1v) is 9.15. The summed E-state index contributed by atoms with van der Waals surface area (Å²) < 4.78 is 26.7. The van der Waals surface area contributed by atoms with E-state index in [1.807, 2.05) is 0 Å². The number of unbranched alkanes of at least 4 members (excludes halogenated alkanes) is 4. The zero-order valence-corrected chi connectivity index (χ0v) is 14.3. The van der Waals surface area contributed by atoms with Crippen molar-refractivity contribution in [2.45, 2.75) is 43.9 Å². The van der Waals surface area contributed by atoms with Crippen LogP contribution in [0.5, 0.6) is 0 Å². The number of hydrogen-bond acceptors (Lipinski definition) is 2. The molecule has 0 atom stereocenters.